The van der Waals surface area contributed by atoms with Crippen LogP contribution in [0.25, 0.3) is 0 Å². The average Bonchev–Trinajstić information content (AvgIpc) is 3.71. The predicted molar refractivity (Wildman–Crippen MR) is 147 cm³/mol. The summed E-state index contributed by atoms with van der Waals surface area (Å²) in [6, 6.07) is 16.9. The Morgan fingerprint density at radius 2 is 1.97 bits per heavy atom. The number of carbonyl (C=O) groups excluding carboxylic acids is 2. The number of methoxy groups -OCH3 is 1. The molecule has 1 N–H and O–H groups in total. The molecule has 1 atom stereocenters. The van der Waals surface area contributed by atoms with Crippen molar-refractivity contribution in [3.8, 4) is 5.75 Å². The molecule has 1 aliphatic rings. The Morgan fingerprint density at radius 1 is 1.15 bits per heavy atom. The second kappa shape index (κ2) is 11.8. The highest BCUT2D eigenvalue weighted by atomic mass is 32.2. The molecule has 9 nitrogen and oxygen atoms in total. The van der Waals surface area contributed by atoms with Crippen LogP contribution in [0, 0.1) is 5.82 Å². The van der Waals surface area contributed by atoms with Gasteiger partial charge in [0.15, 0.2) is 11.0 Å². The summed E-state index contributed by atoms with van der Waals surface area (Å²) in [5, 5.41) is 19.8. The third-order valence-electron chi connectivity index (χ3n) is 6.22. The van der Waals surface area contributed by atoms with Crippen molar-refractivity contribution in [3.63, 3.8) is 0 Å². The molecule has 39 heavy (non-hydrogen) atoms. The highest BCUT2D eigenvalue weighted by molar-refractivity contribution is 7.99. The van der Waals surface area contributed by atoms with E-state index in [-0.39, 0.29) is 29.8 Å². The van der Waals surface area contributed by atoms with Crippen LogP contribution in [-0.2, 0) is 18.4 Å². The van der Waals surface area contributed by atoms with Crippen LogP contribution in [0.4, 0.5) is 4.39 Å². The molecule has 0 saturated carbocycles. The predicted octanol–water partition coefficient (Wildman–Crippen LogP) is 4.42. The zero-order valence-electron chi connectivity index (χ0n) is 21.2. The van der Waals surface area contributed by atoms with Gasteiger partial charge in [-0.15, -0.1) is 21.5 Å². The van der Waals surface area contributed by atoms with E-state index in [1.54, 1.807) is 35.1 Å². The summed E-state index contributed by atoms with van der Waals surface area (Å²) in [7, 11) is 3.38. The summed E-state index contributed by atoms with van der Waals surface area (Å²) >= 11 is 2.84. The topological polar surface area (TPSA) is 102 Å². The molecule has 4 aromatic rings. The normalized spacial score (nSPS) is 14.8. The van der Waals surface area contributed by atoms with Crippen molar-refractivity contribution >= 4 is 40.6 Å². The maximum atomic E-state index is 13.4. The Kier molecular flexibility index (Phi) is 8.03. The Balaban J connectivity index is 1.25. The number of thiophene rings is 1. The van der Waals surface area contributed by atoms with Gasteiger partial charge in [-0.05, 0) is 47.3 Å². The number of rotatable bonds is 9. The number of thioether (sulfide) groups is 1. The molecule has 5 rings (SSSR count). The SMILES string of the molecule is COc1ccc(C2CC(c3cccs3)=NN2C(=O)CSc2nnc(CNC(=O)c3cccc(F)c3)n2C)cc1. The van der Waals surface area contributed by atoms with Crippen molar-refractivity contribution < 1.29 is 18.7 Å². The lowest BCUT2D eigenvalue weighted by Gasteiger charge is -2.22. The van der Waals surface area contributed by atoms with Gasteiger partial charge in [0.25, 0.3) is 11.8 Å². The molecule has 200 valence electrons. The van der Waals surface area contributed by atoms with E-state index in [1.165, 1.54) is 36.0 Å². The van der Waals surface area contributed by atoms with Gasteiger partial charge in [-0.3, -0.25) is 9.59 Å². The number of aromatic nitrogens is 3. The van der Waals surface area contributed by atoms with Crippen LogP contribution in [0.5, 0.6) is 5.75 Å². The first-order valence-electron chi connectivity index (χ1n) is 12.0. The van der Waals surface area contributed by atoms with Crippen molar-refractivity contribution in [1.82, 2.24) is 25.1 Å². The molecule has 0 aliphatic carbocycles. The first kappa shape index (κ1) is 26.6. The Labute approximate surface area is 232 Å². The van der Waals surface area contributed by atoms with E-state index in [9.17, 15) is 14.0 Å². The van der Waals surface area contributed by atoms with Crippen molar-refractivity contribution in [3.05, 3.63) is 93.7 Å². The number of amides is 2. The number of nitrogens with one attached hydrogen (secondary N) is 1. The van der Waals surface area contributed by atoms with Crippen LogP contribution in [0.1, 0.15) is 39.1 Å². The number of carbonyl (C=O) groups is 2. The minimum Gasteiger partial charge on any atom is -0.497 e. The number of hydrazone groups is 1. The fraction of sp³-hybridized carbons (Fsp3) is 0.222. The van der Waals surface area contributed by atoms with E-state index in [0.717, 1.165) is 21.9 Å². The minimum absolute atomic E-state index is 0.105. The molecule has 0 radical (unpaired) electrons. The van der Waals surface area contributed by atoms with Crippen molar-refractivity contribution in [2.45, 2.75) is 24.2 Å². The maximum absolute atomic E-state index is 13.4. The highest BCUT2D eigenvalue weighted by Gasteiger charge is 2.33. The fourth-order valence-corrected chi connectivity index (χ4v) is 5.63. The number of ether oxygens (including phenoxy) is 1. The quantitative estimate of drug-likeness (QED) is 0.302. The van der Waals surface area contributed by atoms with Gasteiger partial charge in [0.05, 0.1) is 36.0 Å². The lowest BCUT2D eigenvalue weighted by molar-refractivity contribution is -0.130. The summed E-state index contributed by atoms with van der Waals surface area (Å²) in [6.07, 6.45) is 0.613. The van der Waals surface area contributed by atoms with E-state index in [1.807, 2.05) is 41.8 Å². The van der Waals surface area contributed by atoms with Gasteiger partial charge in [0.1, 0.15) is 11.6 Å². The van der Waals surface area contributed by atoms with Gasteiger partial charge < -0.3 is 14.6 Å². The van der Waals surface area contributed by atoms with Crippen LogP contribution in [0.15, 0.2) is 76.3 Å². The van der Waals surface area contributed by atoms with Crippen LogP contribution in [-0.4, -0.2) is 50.2 Å². The monoisotopic (exact) mass is 564 g/mol. The Hall–Kier alpha value is -4.03. The van der Waals surface area contributed by atoms with Gasteiger partial charge in [0, 0.05) is 19.0 Å². The molecule has 2 aromatic carbocycles. The largest absolute Gasteiger partial charge is 0.497 e. The molecular formula is C27H25FN6O3S2. The molecule has 0 saturated heterocycles. The molecule has 0 fully saturated rings. The van der Waals surface area contributed by atoms with Crippen LogP contribution < -0.4 is 10.1 Å². The third-order valence-corrected chi connectivity index (χ3v) is 8.14. The van der Waals surface area contributed by atoms with Crippen molar-refractivity contribution in [2.75, 3.05) is 12.9 Å². The summed E-state index contributed by atoms with van der Waals surface area (Å²) < 4.78 is 20.4. The third kappa shape index (κ3) is 6.02. The molecule has 12 heteroatoms. The smallest absolute Gasteiger partial charge is 0.253 e. The second-order valence-electron chi connectivity index (χ2n) is 8.69. The summed E-state index contributed by atoms with van der Waals surface area (Å²) in [4.78, 5) is 26.8. The number of benzene rings is 2. The average molecular weight is 565 g/mol. The number of hydrogen-bond acceptors (Lipinski definition) is 8. The first-order chi connectivity index (χ1) is 18.9. The lowest BCUT2D eigenvalue weighted by Crippen LogP contribution is -2.28. The first-order valence-corrected chi connectivity index (χ1v) is 13.9. The molecule has 0 bridgehead atoms. The van der Waals surface area contributed by atoms with Crippen LogP contribution in [0.2, 0.25) is 0 Å². The molecule has 3 heterocycles. The second-order valence-corrected chi connectivity index (χ2v) is 10.6. The van der Waals surface area contributed by atoms with E-state index < -0.39 is 11.7 Å². The molecule has 1 unspecified atom stereocenters. The van der Waals surface area contributed by atoms with Gasteiger partial charge in [0.2, 0.25) is 0 Å². The van der Waals surface area contributed by atoms with Gasteiger partial charge in [-0.2, -0.15) is 5.10 Å². The van der Waals surface area contributed by atoms with Gasteiger partial charge in [-0.1, -0.05) is 36.0 Å². The standard InChI is InChI=1S/C27H25FN6O3S2/c1-33-24(15-29-26(36)18-5-3-6-19(28)13-18)30-31-27(33)39-16-25(35)34-22(17-8-10-20(37-2)11-9-17)14-21(32-34)23-7-4-12-38-23/h3-13,22H,14-16H2,1-2H3,(H,29,36). The maximum Gasteiger partial charge on any atom is 0.253 e. The van der Waals surface area contributed by atoms with Crippen LogP contribution >= 0.6 is 23.1 Å². The van der Waals surface area contributed by atoms with E-state index in [2.05, 4.69) is 15.5 Å². The van der Waals surface area contributed by atoms with E-state index in [0.29, 0.717) is 17.4 Å². The van der Waals surface area contributed by atoms with E-state index in [4.69, 9.17) is 9.84 Å². The fourth-order valence-electron chi connectivity index (χ4n) is 4.13. The van der Waals surface area contributed by atoms with Crippen molar-refractivity contribution in [2.24, 2.45) is 12.1 Å². The van der Waals surface area contributed by atoms with Crippen LogP contribution in [0.3, 0.4) is 0 Å². The minimum atomic E-state index is -0.483. The molecule has 2 aromatic heterocycles. The summed E-state index contributed by atoms with van der Waals surface area (Å²) in [5.41, 5.74) is 2.07. The number of halogens is 1. The molecule has 1 aliphatic heterocycles. The zero-order valence-corrected chi connectivity index (χ0v) is 22.8. The van der Waals surface area contributed by atoms with E-state index >= 15 is 0 Å². The lowest BCUT2D eigenvalue weighted by atomic mass is 10.0. The van der Waals surface area contributed by atoms with Crippen molar-refractivity contribution in [1.29, 1.82) is 0 Å². The van der Waals surface area contributed by atoms with Gasteiger partial charge in [-0.25, -0.2) is 9.40 Å². The molecular weight excluding hydrogens is 539 g/mol. The Morgan fingerprint density at radius 3 is 2.69 bits per heavy atom. The molecule has 0 spiro atoms. The highest BCUT2D eigenvalue weighted by Crippen LogP contribution is 2.35. The molecule has 2 amide bonds. The summed E-state index contributed by atoms with van der Waals surface area (Å²) in [6.45, 7) is 0.105. The Bertz CT molecular complexity index is 1500. The number of hydrogen-bond donors (Lipinski definition) is 1. The summed E-state index contributed by atoms with van der Waals surface area (Å²) in [5.74, 6) is 0.301. The number of nitrogens with zero attached hydrogens (tertiary/aromatic N) is 5. The zero-order chi connectivity index (χ0) is 27.4. The van der Waals surface area contributed by atoms with Gasteiger partial charge >= 0.3 is 0 Å².